The lowest BCUT2D eigenvalue weighted by molar-refractivity contribution is 0.127. The van der Waals surface area contributed by atoms with Crippen LogP contribution in [-0.4, -0.2) is 5.11 Å². The Balaban J connectivity index is 3.20. The average Bonchev–Trinajstić information content (AvgIpc) is 2.09. The van der Waals surface area contributed by atoms with Crippen LogP contribution in [0.25, 0.3) is 0 Å². The van der Waals surface area contributed by atoms with Crippen molar-refractivity contribution in [3.05, 3.63) is 32.2 Å². The van der Waals surface area contributed by atoms with Gasteiger partial charge in [0, 0.05) is 15.1 Å². The maximum Gasteiger partial charge on any atom is 0.0828 e. The number of hydrogen-bond donors (Lipinski definition) is 1. The Morgan fingerprint density at radius 2 is 1.86 bits per heavy atom. The number of aliphatic hydroxyl groups is 1. The highest BCUT2D eigenvalue weighted by atomic mass is 79.9. The van der Waals surface area contributed by atoms with Crippen LogP contribution in [-0.2, 0) is 0 Å². The Bertz CT molecular complexity index is 339. The molecular formula is C10H11BrCl2O. The fraction of sp³-hybridized carbons (Fsp3) is 0.400. The van der Waals surface area contributed by atoms with Crippen LogP contribution >= 0.6 is 39.1 Å². The van der Waals surface area contributed by atoms with Crippen molar-refractivity contribution in [1.29, 1.82) is 0 Å². The van der Waals surface area contributed by atoms with E-state index in [1.165, 1.54) is 0 Å². The lowest BCUT2D eigenvalue weighted by Crippen LogP contribution is -2.06. The van der Waals surface area contributed by atoms with Gasteiger partial charge in [-0.25, -0.2) is 0 Å². The number of hydrogen-bond acceptors (Lipinski definition) is 1. The molecule has 14 heavy (non-hydrogen) atoms. The molecule has 0 bridgehead atoms. The van der Waals surface area contributed by atoms with Gasteiger partial charge >= 0.3 is 0 Å². The van der Waals surface area contributed by atoms with Crippen molar-refractivity contribution in [3.8, 4) is 0 Å². The summed E-state index contributed by atoms with van der Waals surface area (Å²) in [5.41, 5.74) is 0.668. The molecule has 1 aromatic rings. The summed E-state index contributed by atoms with van der Waals surface area (Å²) in [4.78, 5) is 0. The van der Waals surface area contributed by atoms with Crippen LogP contribution < -0.4 is 0 Å². The number of rotatable bonds is 2. The molecule has 1 atom stereocenters. The first kappa shape index (κ1) is 12.3. The van der Waals surface area contributed by atoms with Gasteiger partial charge in [-0.3, -0.25) is 0 Å². The molecule has 1 rings (SSSR count). The molecule has 0 aliphatic heterocycles. The second-order valence-corrected chi connectivity index (χ2v) is 5.15. The molecule has 0 radical (unpaired) electrons. The number of aliphatic hydroxyl groups excluding tert-OH is 1. The second kappa shape index (κ2) is 4.84. The van der Waals surface area contributed by atoms with Crippen LogP contribution in [0.5, 0.6) is 0 Å². The zero-order valence-corrected chi connectivity index (χ0v) is 11.0. The molecule has 78 valence electrons. The molecular weight excluding hydrogens is 287 g/mol. The van der Waals surface area contributed by atoms with Crippen molar-refractivity contribution >= 4 is 39.1 Å². The summed E-state index contributed by atoms with van der Waals surface area (Å²) < 4.78 is 0.710. The number of halogens is 3. The first-order valence-corrected chi connectivity index (χ1v) is 5.81. The third-order valence-electron chi connectivity index (χ3n) is 1.97. The Labute approximate surface area is 102 Å². The van der Waals surface area contributed by atoms with Crippen molar-refractivity contribution < 1.29 is 5.11 Å². The minimum Gasteiger partial charge on any atom is -0.388 e. The van der Waals surface area contributed by atoms with Crippen molar-refractivity contribution in [1.82, 2.24) is 0 Å². The molecule has 1 nitrogen and oxygen atoms in total. The van der Waals surface area contributed by atoms with Crippen molar-refractivity contribution in [2.75, 3.05) is 0 Å². The Morgan fingerprint density at radius 1 is 1.29 bits per heavy atom. The van der Waals surface area contributed by atoms with Gasteiger partial charge in [-0.15, -0.1) is 0 Å². The fourth-order valence-electron chi connectivity index (χ4n) is 1.15. The van der Waals surface area contributed by atoms with Crippen LogP contribution in [0.3, 0.4) is 0 Å². The summed E-state index contributed by atoms with van der Waals surface area (Å²) in [5, 5.41) is 11.0. The predicted molar refractivity (Wildman–Crippen MR) is 64.0 cm³/mol. The Kier molecular flexibility index (Phi) is 4.26. The van der Waals surface area contributed by atoms with Gasteiger partial charge in [0.25, 0.3) is 0 Å². The quantitative estimate of drug-likeness (QED) is 0.800. The van der Waals surface area contributed by atoms with E-state index in [0.717, 1.165) is 0 Å². The zero-order valence-electron chi connectivity index (χ0n) is 7.89. The molecule has 0 saturated carbocycles. The molecule has 0 saturated heterocycles. The zero-order chi connectivity index (χ0) is 10.9. The van der Waals surface area contributed by atoms with Crippen LogP contribution in [0.2, 0.25) is 10.0 Å². The van der Waals surface area contributed by atoms with Gasteiger partial charge in [0.05, 0.1) is 11.1 Å². The van der Waals surface area contributed by atoms with E-state index in [4.69, 9.17) is 23.2 Å². The molecule has 0 spiro atoms. The second-order valence-electron chi connectivity index (χ2n) is 3.48. The summed E-state index contributed by atoms with van der Waals surface area (Å²) in [6, 6.07) is 3.40. The maximum atomic E-state index is 9.86. The molecule has 1 aromatic carbocycles. The molecule has 0 amide bonds. The van der Waals surface area contributed by atoms with Crippen LogP contribution in [0.15, 0.2) is 16.6 Å². The van der Waals surface area contributed by atoms with Crippen LogP contribution in [0.1, 0.15) is 25.5 Å². The lowest BCUT2D eigenvalue weighted by Gasteiger charge is -2.17. The summed E-state index contributed by atoms with van der Waals surface area (Å²) in [6.07, 6.45) is -0.586. The van der Waals surface area contributed by atoms with Gasteiger partial charge in [-0.1, -0.05) is 37.0 Å². The molecule has 0 fully saturated rings. The molecule has 4 heteroatoms. The fourth-order valence-corrected chi connectivity index (χ4v) is 2.21. The molecule has 0 heterocycles. The highest BCUT2D eigenvalue weighted by Crippen LogP contribution is 2.35. The Hall–Kier alpha value is 0.240. The van der Waals surface area contributed by atoms with Gasteiger partial charge in [0.15, 0.2) is 0 Å². The lowest BCUT2D eigenvalue weighted by atomic mass is 9.99. The van der Waals surface area contributed by atoms with Crippen molar-refractivity contribution in [2.45, 2.75) is 20.0 Å². The molecule has 0 aliphatic carbocycles. The average molecular weight is 298 g/mol. The third-order valence-corrected chi connectivity index (χ3v) is 3.46. The van der Waals surface area contributed by atoms with E-state index in [-0.39, 0.29) is 5.92 Å². The van der Waals surface area contributed by atoms with Crippen molar-refractivity contribution in [3.63, 3.8) is 0 Å². The highest BCUT2D eigenvalue weighted by molar-refractivity contribution is 9.10. The third kappa shape index (κ3) is 2.63. The largest absolute Gasteiger partial charge is 0.388 e. The molecule has 0 aliphatic rings. The topological polar surface area (TPSA) is 20.2 Å². The van der Waals surface area contributed by atoms with E-state index < -0.39 is 6.10 Å². The van der Waals surface area contributed by atoms with Crippen LogP contribution in [0.4, 0.5) is 0 Å². The van der Waals surface area contributed by atoms with E-state index >= 15 is 0 Å². The summed E-state index contributed by atoms with van der Waals surface area (Å²) >= 11 is 15.2. The molecule has 0 aromatic heterocycles. The first-order valence-electron chi connectivity index (χ1n) is 4.26. The van der Waals surface area contributed by atoms with E-state index in [0.29, 0.717) is 20.1 Å². The van der Waals surface area contributed by atoms with Gasteiger partial charge in [0.2, 0.25) is 0 Å². The van der Waals surface area contributed by atoms with Gasteiger partial charge < -0.3 is 5.11 Å². The summed E-state index contributed by atoms with van der Waals surface area (Å²) in [7, 11) is 0. The normalized spacial score (nSPS) is 13.4. The number of benzene rings is 1. The van der Waals surface area contributed by atoms with E-state index in [2.05, 4.69) is 15.9 Å². The molecule has 1 N–H and O–H groups in total. The Morgan fingerprint density at radius 3 is 2.36 bits per heavy atom. The smallest absolute Gasteiger partial charge is 0.0828 e. The predicted octanol–water partition coefficient (Wildman–Crippen LogP) is 4.45. The van der Waals surface area contributed by atoms with E-state index in [9.17, 15) is 5.11 Å². The van der Waals surface area contributed by atoms with Crippen molar-refractivity contribution in [2.24, 2.45) is 5.92 Å². The minimum atomic E-state index is -0.586. The summed E-state index contributed by atoms with van der Waals surface area (Å²) in [5.74, 6) is 0.109. The van der Waals surface area contributed by atoms with Gasteiger partial charge in [0.1, 0.15) is 0 Å². The van der Waals surface area contributed by atoms with Gasteiger partial charge in [-0.2, -0.15) is 0 Å². The van der Waals surface area contributed by atoms with Gasteiger partial charge in [-0.05, 0) is 34.0 Å². The minimum absolute atomic E-state index is 0.109. The van der Waals surface area contributed by atoms with E-state index in [1.54, 1.807) is 12.1 Å². The molecule has 1 unspecified atom stereocenters. The van der Waals surface area contributed by atoms with E-state index in [1.807, 2.05) is 13.8 Å². The highest BCUT2D eigenvalue weighted by Gasteiger charge is 2.17. The van der Waals surface area contributed by atoms with Crippen LogP contribution in [0, 0.1) is 5.92 Å². The standard InChI is InChI=1S/C10H11BrCl2O/c1-5(2)10(14)7-3-6(12)4-8(11)9(7)13/h3-5,10,14H,1-2H3. The maximum absolute atomic E-state index is 9.86. The summed E-state index contributed by atoms with van der Waals surface area (Å²) in [6.45, 7) is 3.85. The monoisotopic (exact) mass is 296 g/mol. The SMILES string of the molecule is CC(C)C(O)c1cc(Cl)cc(Br)c1Cl. The first-order chi connectivity index (χ1) is 6.43.